The molecule has 0 saturated carbocycles. The molecule has 2 aliphatic rings. The van der Waals surface area contributed by atoms with Crippen LogP contribution in [0.4, 0.5) is 4.79 Å². The minimum atomic E-state index is -0.714. The maximum Gasteiger partial charge on any atom is 0.412 e. The summed E-state index contributed by atoms with van der Waals surface area (Å²) in [5, 5.41) is 0. The number of carbonyl (C=O) groups is 2. The molecule has 2 unspecified atom stereocenters. The molecule has 0 radical (unpaired) electrons. The lowest BCUT2D eigenvalue weighted by molar-refractivity contribution is -0.00262. The summed E-state index contributed by atoms with van der Waals surface area (Å²) in [6.45, 7) is 7.51. The molecule has 0 spiro atoms. The lowest BCUT2D eigenvalue weighted by atomic mass is 9.80. The van der Waals surface area contributed by atoms with Crippen LogP contribution in [0.2, 0.25) is 0 Å². The summed E-state index contributed by atoms with van der Waals surface area (Å²) < 4.78 is 5.65. The van der Waals surface area contributed by atoms with Crippen molar-refractivity contribution in [1.29, 1.82) is 0 Å². The fourth-order valence-corrected chi connectivity index (χ4v) is 4.11. The minimum absolute atomic E-state index is 0.0520. The van der Waals surface area contributed by atoms with E-state index in [0.29, 0.717) is 5.56 Å². The van der Waals surface area contributed by atoms with Crippen molar-refractivity contribution in [2.75, 3.05) is 0 Å². The van der Waals surface area contributed by atoms with Crippen molar-refractivity contribution in [3.8, 4) is 0 Å². The van der Waals surface area contributed by atoms with Gasteiger partial charge in [-0.3, -0.25) is 9.69 Å². The number of Topliss-reactive ketones (excluding diaryl/α,β-unsaturated/α-hetero) is 1. The van der Waals surface area contributed by atoms with Crippen LogP contribution in [0.1, 0.15) is 60.8 Å². The molecule has 4 heteroatoms. The third-order valence-electron chi connectivity index (χ3n) is 5.08. The molecule has 0 aromatic heterocycles. The van der Waals surface area contributed by atoms with Gasteiger partial charge < -0.3 is 4.74 Å². The van der Waals surface area contributed by atoms with E-state index < -0.39 is 23.3 Å². The van der Waals surface area contributed by atoms with Gasteiger partial charge in [-0.2, -0.15) is 0 Å². The number of carbonyl (C=O) groups excluding carboxylic acids is 2. The Hall–Kier alpha value is -2.62. The minimum Gasteiger partial charge on any atom is -0.444 e. The molecule has 0 fully saturated rings. The molecule has 0 aliphatic carbocycles. The SMILES string of the molecule is CC(C)(C)OC(=O)N1C2C(=O)c3ccccc3C1(C)c1ccccc12. The molecule has 128 valence electrons. The lowest BCUT2D eigenvalue weighted by Crippen LogP contribution is -2.52. The summed E-state index contributed by atoms with van der Waals surface area (Å²) in [6, 6.07) is 14.7. The molecule has 0 N–H and O–H groups in total. The fraction of sp³-hybridized carbons (Fsp3) is 0.333. The maximum atomic E-state index is 13.2. The smallest absolute Gasteiger partial charge is 0.412 e. The Morgan fingerprint density at radius 3 is 2.32 bits per heavy atom. The van der Waals surface area contributed by atoms with Gasteiger partial charge in [0.2, 0.25) is 0 Å². The number of fused-ring (bicyclic) bond motifs is 7. The monoisotopic (exact) mass is 335 g/mol. The van der Waals surface area contributed by atoms with Gasteiger partial charge in [-0.1, -0.05) is 48.5 Å². The molecular formula is C21H21NO3. The number of ether oxygens (including phenoxy) is 1. The normalized spacial score (nSPS) is 23.9. The van der Waals surface area contributed by atoms with Crippen LogP contribution in [0.25, 0.3) is 0 Å². The number of rotatable bonds is 0. The molecule has 2 aromatic rings. The van der Waals surface area contributed by atoms with Gasteiger partial charge in [0.05, 0.1) is 5.54 Å². The quantitative estimate of drug-likeness (QED) is 0.715. The summed E-state index contributed by atoms with van der Waals surface area (Å²) in [4.78, 5) is 27.9. The van der Waals surface area contributed by atoms with Crippen molar-refractivity contribution in [3.05, 3.63) is 70.8 Å². The number of nitrogens with zero attached hydrogens (tertiary/aromatic N) is 1. The van der Waals surface area contributed by atoms with Crippen molar-refractivity contribution in [1.82, 2.24) is 4.90 Å². The number of hydrogen-bond acceptors (Lipinski definition) is 3. The number of ketones is 1. The van der Waals surface area contributed by atoms with Crippen LogP contribution in [0, 0.1) is 0 Å². The highest BCUT2D eigenvalue weighted by atomic mass is 16.6. The molecule has 4 rings (SSSR count). The molecule has 1 amide bonds. The predicted molar refractivity (Wildman–Crippen MR) is 94.5 cm³/mol. The van der Waals surface area contributed by atoms with Gasteiger partial charge in [0.1, 0.15) is 11.6 Å². The predicted octanol–water partition coefficient (Wildman–Crippen LogP) is 4.44. The first-order chi connectivity index (χ1) is 11.7. The van der Waals surface area contributed by atoms with Crippen LogP contribution in [0.5, 0.6) is 0 Å². The summed E-state index contributed by atoms with van der Waals surface area (Å²) in [5.74, 6) is -0.0520. The first-order valence-corrected chi connectivity index (χ1v) is 8.50. The highest BCUT2D eigenvalue weighted by molar-refractivity contribution is 6.07. The molecule has 4 nitrogen and oxygen atoms in total. The molecule has 25 heavy (non-hydrogen) atoms. The zero-order valence-electron chi connectivity index (χ0n) is 14.9. The van der Waals surface area contributed by atoms with Gasteiger partial charge in [-0.05, 0) is 44.4 Å². The van der Waals surface area contributed by atoms with Gasteiger partial charge in [0.25, 0.3) is 0 Å². The summed E-state index contributed by atoms with van der Waals surface area (Å²) in [6.07, 6.45) is -0.459. The van der Waals surface area contributed by atoms with E-state index in [4.69, 9.17) is 4.74 Å². The van der Waals surface area contributed by atoms with Crippen LogP contribution >= 0.6 is 0 Å². The standard InChI is InChI=1S/C21H21NO3/c1-20(2,3)25-19(24)22-17-13-9-5-7-11-15(13)21(22,4)16-12-8-6-10-14(16)18(17)23/h5-12,17H,1-4H3. The van der Waals surface area contributed by atoms with Crippen LogP contribution in [0.3, 0.4) is 0 Å². The van der Waals surface area contributed by atoms with Crippen molar-refractivity contribution in [2.24, 2.45) is 0 Å². The average Bonchev–Trinajstić information content (AvgIpc) is 2.79. The Labute approximate surface area is 147 Å². The van der Waals surface area contributed by atoms with E-state index in [1.54, 1.807) is 4.90 Å². The van der Waals surface area contributed by atoms with Crippen LogP contribution < -0.4 is 0 Å². The Morgan fingerprint density at radius 1 is 1.04 bits per heavy atom. The summed E-state index contributed by atoms with van der Waals surface area (Å²) in [5.41, 5.74) is 2.08. The molecular weight excluding hydrogens is 314 g/mol. The Bertz CT molecular complexity index is 896. The molecule has 2 aliphatic heterocycles. The van der Waals surface area contributed by atoms with Crippen LogP contribution in [-0.4, -0.2) is 22.4 Å². The van der Waals surface area contributed by atoms with E-state index in [2.05, 4.69) is 0 Å². The largest absolute Gasteiger partial charge is 0.444 e. The number of amides is 1. The summed E-state index contributed by atoms with van der Waals surface area (Å²) >= 11 is 0. The number of benzene rings is 2. The van der Waals surface area contributed by atoms with Gasteiger partial charge >= 0.3 is 6.09 Å². The second-order valence-electron chi connectivity index (χ2n) is 7.82. The van der Waals surface area contributed by atoms with E-state index in [1.165, 1.54) is 0 Å². The Morgan fingerprint density at radius 2 is 1.64 bits per heavy atom. The lowest BCUT2D eigenvalue weighted by Gasteiger charge is -2.43. The van der Waals surface area contributed by atoms with Crippen LogP contribution in [0.15, 0.2) is 48.5 Å². The molecule has 2 aromatic carbocycles. The van der Waals surface area contributed by atoms with E-state index in [1.807, 2.05) is 76.2 Å². The van der Waals surface area contributed by atoms with Gasteiger partial charge in [-0.15, -0.1) is 0 Å². The van der Waals surface area contributed by atoms with Crippen molar-refractivity contribution in [3.63, 3.8) is 0 Å². The third kappa shape index (κ3) is 2.06. The van der Waals surface area contributed by atoms with Crippen molar-refractivity contribution >= 4 is 11.9 Å². The molecule has 2 heterocycles. The van der Waals surface area contributed by atoms with E-state index in [-0.39, 0.29) is 5.78 Å². The first kappa shape index (κ1) is 15.9. The second-order valence-corrected chi connectivity index (χ2v) is 7.82. The Kier molecular flexibility index (Phi) is 3.14. The zero-order valence-corrected chi connectivity index (χ0v) is 14.9. The molecule has 2 bridgehead atoms. The van der Waals surface area contributed by atoms with E-state index in [9.17, 15) is 9.59 Å². The van der Waals surface area contributed by atoms with Gasteiger partial charge in [0.15, 0.2) is 5.78 Å². The maximum absolute atomic E-state index is 13.2. The average molecular weight is 335 g/mol. The first-order valence-electron chi connectivity index (χ1n) is 8.50. The van der Waals surface area contributed by atoms with Gasteiger partial charge in [0, 0.05) is 5.56 Å². The highest BCUT2D eigenvalue weighted by Crippen LogP contribution is 2.55. The molecule has 0 saturated heterocycles. The van der Waals surface area contributed by atoms with E-state index in [0.717, 1.165) is 16.7 Å². The topological polar surface area (TPSA) is 46.6 Å². The number of hydrogen-bond donors (Lipinski definition) is 0. The van der Waals surface area contributed by atoms with Crippen molar-refractivity contribution < 1.29 is 14.3 Å². The van der Waals surface area contributed by atoms with Gasteiger partial charge in [-0.25, -0.2) is 4.79 Å². The third-order valence-corrected chi connectivity index (χ3v) is 5.08. The summed E-state index contributed by atoms with van der Waals surface area (Å²) in [7, 11) is 0. The zero-order chi connectivity index (χ0) is 18.0. The van der Waals surface area contributed by atoms with E-state index >= 15 is 0 Å². The highest BCUT2D eigenvalue weighted by Gasteiger charge is 2.58. The Balaban J connectivity index is 1.97. The fourth-order valence-electron chi connectivity index (χ4n) is 4.11. The molecule has 2 atom stereocenters. The van der Waals surface area contributed by atoms with Crippen molar-refractivity contribution in [2.45, 2.75) is 44.9 Å². The van der Waals surface area contributed by atoms with Crippen LogP contribution in [-0.2, 0) is 10.3 Å². The second kappa shape index (κ2) is 4.94.